The van der Waals surface area contributed by atoms with E-state index < -0.39 is 12.0 Å². The minimum Gasteiger partial charge on any atom is -0.480 e. The molecule has 0 aliphatic carbocycles. The quantitative estimate of drug-likeness (QED) is 0.898. The number of carbonyl (C=O) groups is 2. The van der Waals surface area contributed by atoms with Crippen LogP contribution in [0.3, 0.4) is 0 Å². The van der Waals surface area contributed by atoms with Crippen molar-refractivity contribution in [1.82, 2.24) is 10.2 Å². The number of carbonyl (C=O) groups excluding carboxylic acids is 1. The summed E-state index contributed by atoms with van der Waals surface area (Å²) in [6.45, 7) is 4.42. The van der Waals surface area contributed by atoms with E-state index in [-0.39, 0.29) is 18.0 Å². The van der Waals surface area contributed by atoms with E-state index in [4.69, 9.17) is 0 Å². The van der Waals surface area contributed by atoms with Crippen molar-refractivity contribution < 1.29 is 14.7 Å². The summed E-state index contributed by atoms with van der Waals surface area (Å²) in [5.41, 5.74) is 0. The normalized spacial score (nSPS) is 23.6. The molecular weight excluding hydrogens is 288 g/mol. The number of amides is 2. The lowest BCUT2D eigenvalue weighted by Crippen LogP contribution is -2.55. The summed E-state index contributed by atoms with van der Waals surface area (Å²) in [7, 11) is 0. The van der Waals surface area contributed by atoms with Crippen LogP contribution in [0.1, 0.15) is 44.0 Å². The Labute approximate surface area is 129 Å². The van der Waals surface area contributed by atoms with Gasteiger partial charge in [0.15, 0.2) is 0 Å². The molecule has 2 N–H and O–H groups in total. The second-order valence-electron chi connectivity index (χ2n) is 5.52. The molecule has 1 fully saturated rings. The molecule has 2 rings (SSSR count). The van der Waals surface area contributed by atoms with Gasteiger partial charge in [0, 0.05) is 11.4 Å². The molecule has 0 radical (unpaired) electrons. The Kier molecular flexibility index (Phi) is 5.22. The van der Waals surface area contributed by atoms with Crippen LogP contribution in [-0.2, 0) is 4.79 Å². The zero-order chi connectivity index (χ0) is 15.4. The summed E-state index contributed by atoms with van der Waals surface area (Å²) in [6, 6.07) is 2.91. The summed E-state index contributed by atoms with van der Waals surface area (Å²) in [5, 5.41) is 14.3. The van der Waals surface area contributed by atoms with Crippen LogP contribution >= 0.6 is 11.3 Å². The largest absolute Gasteiger partial charge is 0.480 e. The summed E-state index contributed by atoms with van der Waals surface area (Å²) in [4.78, 5) is 26.5. The van der Waals surface area contributed by atoms with Crippen molar-refractivity contribution in [3.8, 4) is 0 Å². The number of rotatable bonds is 4. The number of nitrogens with zero attached hydrogens (tertiary/aromatic N) is 1. The molecule has 0 bridgehead atoms. The van der Waals surface area contributed by atoms with Crippen molar-refractivity contribution in [1.29, 1.82) is 0 Å². The van der Waals surface area contributed by atoms with E-state index in [1.54, 1.807) is 11.3 Å². The fourth-order valence-corrected chi connectivity index (χ4v) is 3.75. The number of piperidine rings is 1. The van der Waals surface area contributed by atoms with Gasteiger partial charge in [-0.25, -0.2) is 9.59 Å². The number of carboxylic acids is 1. The van der Waals surface area contributed by atoms with E-state index in [2.05, 4.69) is 5.32 Å². The number of thiophene rings is 1. The van der Waals surface area contributed by atoms with Crippen LogP contribution in [0.25, 0.3) is 0 Å². The Morgan fingerprint density at radius 3 is 2.90 bits per heavy atom. The average Bonchev–Trinajstić information content (AvgIpc) is 2.97. The Bertz CT molecular complexity index is 489. The maximum atomic E-state index is 12.5. The highest BCUT2D eigenvalue weighted by Gasteiger charge is 2.37. The molecule has 2 heterocycles. The first-order valence-electron chi connectivity index (χ1n) is 7.38. The van der Waals surface area contributed by atoms with E-state index >= 15 is 0 Å². The predicted molar refractivity (Wildman–Crippen MR) is 82.4 cm³/mol. The number of urea groups is 1. The molecule has 1 aromatic rings. The fraction of sp³-hybridized carbons (Fsp3) is 0.600. The van der Waals surface area contributed by atoms with Crippen LogP contribution in [0, 0.1) is 5.92 Å². The summed E-state index contributed by atoms with van der Waals surface area (Å²) < 4.78 is 0. The molecule has 2 amide bonds. The number of likely N-dealkylation sites (tertiary alicyclic amines) is 1. The van der Waals surface area contributed by atoms with Gasteiger partial charge in [-0.1, -0.05) is 19.9 Å². The Morgan fingerprint density at radius 2 is 2.33 bits per heavy atom. The fourth-order valence-electron chi connectivity index (χ4n) is 2.89. The molecule has 5 nitrogen and oxygen atoms in total. The molecule has 21 heavy (non-hydrogen) atoms. The molecule has 1 saturated heterocycles. The van der Waals surface area contributed by atoms with E-state index in [0.717, 1.165) is 24.1 Å². The minimum atomic E-state index is -0.915. The van der Waals surface area contributed by atoms with Crippen LogP contribution in [0.15, 0.2) is 17.5 Å². The van der Waals surface area contributed by atoms with Gasteiger partial charge in [-0.05, 0) is 36.6 Å². The third-order valence-corrected chi connectivity index (χ3v) is 5.03. The SMILES string of the molecule is CCC(NC(=O)N1CCCC(C)C1C(=O)O)c1cccs1. The van der Waals surface area contributed by atoms with E-state index in [9.17, 15) is 14.7 Å². The van der Waals surface area contributed by atoms with E-state index in [1.807, 2.05) is 31.4 Å². The lowest BCUT2D eigenvalue weighted by Gasteiger charge is -2.37. The first kappa shape index (κ1) is 15.8. The molecule has 3 unspecified atom stereocenters. The van der Waals surface area contributed by atoms with Crippen LogP contribution in [0.5, 0.6) is 0 Å². The van der Waals surface area contributed by atoms with E-state index in [1.165, 1.54) is 4.90 Å². The minimum absolute atomic E-state index is 0.0104. The summed E-state index contributed by atoms with van der Waals surface area (Å²) in [6.07, 6.45) is 2.49. The van der Waals surface area contributed by atoms with Gasteiger partial charge in [-0.15, -0.1) is 11.3 Å². The van der Waals surface area contributed by atoms with Crippen LogP contribution in [0.4, 0.5) is 4.79 Å². The molecule has 1 aliphatic rings. The van der Waals surface area contributed by atoms with Gasteiger partial charge in [-0.3, -0.25) is 0 Å². The first-order valence-corrected chi connectivity index (χ1v) is 8.26. The van der Waals surface area contributed by atoms with Crippen molar-refractivity contribution in [2.75, 3.05) is 6.54 Å². The highest BCUT2D eigenvalue weighted by molar-refractivity contribution is 7.10. The Morgan fingerprint density at radius 1 is 1.57 bits per heavy atom. The van der Waals surface area contributed by atoms with Crippen molar-refractivity contribution >= 4 is 23.3 Å². The number of nitrogens with one attached hydrogen (secondary N) is 1. The van der Waals surface area contributed by atoms with Gasteiger partial charge in [-0.2, -0.15) is 0 Å². The van der Waals surface area contributed by atoms with Crippen LogP contribution in [-0.4, -0.2) is 34.6 Å². The van der Waals surface area contributed by atoms with Crippen molar-refractivity contribution in [2.24, 2.45) is 5.92 Å². The maximum Gasteiger partial charge on any atom is 0.326 e. The van der Waals surface area contributed by atoms with Crippen LogP contribution in [0.2, 0.25) is 0 Å². The van der Waals surface area contributed by atoms with Crippen molar-refractivity contribution in [3.63, 3.8) is 0 Å². The molecular formula is C15H22N2O3S. The zero-order valence-electron chi connectivity index (χ0n) is 12.4. The van der Waals surface area contributed by atoms with Gasteiger partial charge in [0.25, 0.3) is 0 Å². The van der Waals surface area contributed by atoms with Crippen LogP contribution < -0.4 is 5.32 Å². The summed E-state index contributed by atoms with van der Waals surface area (Å²) in [5.74, 6) is -0.926. The standard InChI is InChI=1S/C15H22N2O3S/c1-3-11(12-7-5-9-21-12)16-15(20)17-8-4-6-10(2)13(17)14(18)19/h5,7,9-11,13H,3-4,6,8H2,1-2H3,(H,16,20)(H,18,19). The molecule has 116 valence electrons. The van der Waals surface area contributed by atoms with Gasteiger partial charge in [0.2, 0.25) is 0 Å². The molecule has 0 spiro atoms. The van der Waals surface area contributed by atoms with Gasteiger partial charge < -0.3 is 15.3 Å². The number of hydrogen-bond donors (Lipinski definition) is 2. The lowest BCUT2D eigenvalue weighted by molar-refractivity contribution is -0.145. The molecule has 1 aromatic heterocycles. The second-order valence-corrected chi connectivity index (χ2v) is 6.50. The third-order valence-electron chi connectivity index (χ3n) is 4.04. The highest BCUT2D eigenvalue weighted by Crippen LogP contribution is 2.26. The lowest BCUT2D eigenvalue weighted by atomic mass is 9.91. The molecule has 3 atom stereocenters. The molecule has 6 heteroatoms. The van der Waals surface area contributed by atoms with Crippen molar-refractivity contribution in [2.45, 2.75) is 45.2 Å². The van der Waals surface area contributed by atoms with Gasteiger partial charge >= 0.3 is 12.0 Å². The average molecular weight is 310 g/mol. The molecule has 0 aromatic carbocycles. The number of aliphatic carboxylic acids is 1. The first-order chi connectivity index (χ1) is 10.0. The second kappa shape index (κ2) is 6.93. The Hall–Kier alpha value is -1.56. The molecule has 1 aliphatic heterocycles. The summed E-state index contributed by atoms with van der Waals surface area (Å²) >= 11 is 1.60. The maximum absolute atomic E-state index is 12.5. The van der Waals surface area contributed by atoms with Gasteiger partial charge in [0.1, 0.15) is 6.04 Å². The third kappa shape index (κ3) is 3.56. The van der Waals surface area contributed by atoms with Crippen molar-refractivity contribution in [3.05, 3.63) is 22.4 Å². The topological polar surface area (TPSA) is 69.6 Å². The molecule has 0 saturated carbocycles. The predicted octanol–water partition coefficient (Wildman–Crippen LogP) is 3.09. The highest BCUT2D eigenvalue weighted by atomic mass is 32.1. The zero-order valence-corrected chi connectivity index (χ0v) is 13.2. The monoisotopic (exact) mass is 310 g/mol. The smallest absolute Gasteiger partial charge is 0.326 e. The Balaban J connectivity index is 2.08. The number of carboxylic acid groups (broad SMARTS) is 1. The number of hydrogen-bond acceptors (Lipinski definition) is 3. The van der Waals surface area contributed by atoms with Gasteiger partial charge in [0.05, 0.1) is 6.04 Å². The van der Waals surface area contributed by atoms with E-state index in [0.29, 0.717) is 6.54 Å².